The SMILES string of the molecule is Cc1ccc(C(=O)NCCNC(=O)C(N)Cc2ccccc2)cc1F.Cl. The van der Waals surface area contributed by atoms with Crippen LogP contribution in [0.5, 0.6) is 0 Å². The molecule has 0 bridgehead atoms. The third-order valence-electron chi connectivity index (χ3n) is 3.78. The van der Waals surface area contributed by atoms with Gasteiger partial charge in [-0.25, -0.2) is 4.39 Å². The van der Waals surface area contributed by atoms with Crippen LogP contribution in [0.2, 0.25) is 0 Å². The number of hydrogen-bond donors (Lipinski definition) is 3. The molecule has 0 spiro atoms. The van der Waals surface area contributed by atoms with E-state index in [-0.39, 0.29) is 42.9 Å². The molecule has 0 heterocycles. The van der Waals surface area contributed by atoms with E-state index in [9.17, 15) is 14.0 Å². The minimum atomic E-state index is -0.649. The summed E-state index contributed by atoms with van der Waals surface area (Å²) in [4.78, 5) is 23.9. The Kier molecular flexibility index (Phi) is 8.75. The van der Waals surface area contributed by atoms with Crippen molar-refractivity contribution < 1.29 is 14.0 Å². The van der Waals surface area contributed by atoms with E-state index in [1.807, 2.05) is 30.3 Å². The maximum Gasteiger partial charge on any atom is 0.251 e. The van der Waals surface area contributed by atoms with Crippen LogP contribution >= 0.6 is 12.4 Å². The first-order chi connectivity index (χ1) is 12.0. The van der Waals surface area contributed by atoms with Crippen LogP contribution in [0, 0.1) is 12.7 Å². The number of halogens is 2. The Hall–Kier alpha value is -2.44. The molecule has 7 heteroatoms. The largest absolute Gasteiger partial charge is 0.353 e. The van der Waals surface area contributed by atoms with Crippen molar-refractivity contribution in [2.75, 3.05) is 13.1 Å². The number of nitrogens with one attached hydrogen (secondary N) is 2. The molecule has 0 fully saturated rings. The standard InChI is InChI=1S/C19H22FN3O2.ClH/c1-13-7-8-15(12-16(13)20)18(24)22-9-10-23-19(25)17(21)11-14-5-3-2-4-6-14;/h2-8,12,17H,9-11,21H2,1H3,(H,22,24)(H,23,25);1H. The maximum absolute atomic E-state index is 13.5. The lowest BCUT2D eigenvalue weighted by molar-refractivity contribution is -0.122. The minimum Gasteiger partial charge on any atom is -0.353 e. The van der Waals surface area contributed by atoms with Crippen LogP contribution < -0.4 is 16.4 Å². The fourth-order valence-corrected chi connectivity index (χ4v) is 2.29. The van der Waals surface area contributed by atoms with Gasteiger partial charge >= 0.3 is 0 Å². The quantitative estimate of drug-likeness (QED) is 0.643. The van der Waals surface area contributed by atoms with Gasteiger partial charge in [-0.15, -0.1) is 12.4 Å². The lowest BCUT2D eigenvalue weighted by atomic mass is 10.1. The average molecular weight is 380 g/mol. The van der Waals surface area contributed by atoms with Crippen LogP contribution in [0.15, 0.2) is 48.5 Å². The highest BCUT2D eigenvalue weighted by Gasteiger charge is 2.13. The highest BCUT2D eigenvalue weighted by molar-refractivity contribution is 5.94. The van der Waals surface area contributed by atoms with Gasteiger partial charge in [-0.3, -0.25) is 9.59 Å². The molecule has 140 valence electrons. The fraction of sp³-hybridized carbons (Fsp3) is 0.263. The summed E-state index contributed by atoms with van der Waals surface area (Å²) in [6, 6.07) is 13.2. The number of hydrogen-bond acceptors (Lipinski definition) is 3. The molecule has 0 saturated carbocycles. The number of amides is 2. The molecule has 2 rings (SSSR count). The predicted molar refractivity (Wildman–Crippen MR) is 102 cm³/mol. The van der Waals surface area contributed by atoms with Crippen molar-refractivity contribution in [2.45, 2.75) is 19.4 Å². The molecule has 0 aliphatic rings. The summed E-state index contributed by atoms with van der Waals surface area (Å²) < 4.78 is 13.5. The average Bonchev–Trinajstić information content (AvgIpc) is 2.61. The van der Waals surface area contributed by atoms with E-state index in [1.54, 1.807) is 19.1 Å². The molecular formula is C19H23ClFN3O2. The van der Waals surface area contributed by atoms with Crippen molar-refractivity contribution in [1.29, 1.82) is 0 Å². The van der Waals surface area contributed by atoms with Crippen LogP contribution in [0.4, 0.5) is 4.39 Å². The Labute approximate surface area is 158 Å². The van der Waals surface area contributed by atoms with E-state index in [2.05, 4.69) is 10.6 Å². The molecule has 5 nitrogen and oxygen atoms in total. The van der Waals surface area contributed by atoms with Gasteiger partial charge in [-0.1, -0.05) is 36.4 Å². The third-order valence-corrected chi connectivity index (χ3v) is 3.78. The number of rotatable bonds is 7. The van der Waals surface area contributed by atoms with Gasteiger partial charge in [-0.2, -0.15) is 0 Å². The fourth-order valence-electron chi connectivity index (χ4n) is 2.29. The van der Waals surface area contributed by atoms with Crippen LogP contribution in [0.3, 0.4) is 0 Å². The Morgan fingerprint density at radius 2 is 1.73 bits per heavy atom. The number of carbonyl (C=O) groups is 2. The number of nitrogens with two attached hydrogens (primary N) is 1. The Morgan fingerprint density at radius 3 is 2.38 bits per heavy atom. The molecule has 0 saturated heterocycles. The number of carbonyl (C=O) groups excluding carboxylic acids is 2. The van der Waals surface area contributed by atoms with Gasteiger partial charge in [0.15, 0.2) is 0 Å². The molecule has 0 radical (unpaired) electrons. The number of aryl methyl sites for hydroxylation is 1. The van der Waals surface area contributed by atoms with Gasteiger partial charge in [0, 0.05) is 18.7 Å². The maximum atomic E-state index is 13.5. The van der Waals surface area contributed by atoms with Gasteiger partial charge in [0.25, 0.3) is 5.91 Å². The zero-order chi connectivity index (χ0) is 18.2. The van der Waals surface area contributed by atoms with Gasteiger partial charge in [0.05, 0.1) is 6.04 Å². The van der Waals surface area contributed by atoms with Gasteiger partial charge in [0.2, 0.25) is 5.91 Å². The normalized spacial score (nSPS) is 11.2. The molecule has 26 heavy (non-hydrogen) atoms. The number of benzene rings is 2. The lowest BCUT2D eigenvalue weighted by Gasteiger charge is -2.13. The molecule has 2 amide bonds. The van der Waals surface area contributed by atoms with Gasteiger partial charge in [-0.05, 0) is 36.6 Å². The second kappa shape index (κ2) is 10.5. The van der Waals surface area contributed by atoms with E-state index in [0.29, 0.717) is 12.0 Å². The molecule has 0 aromatic heterocycles. The van der Waals surface area contributed by atoms with Gasteiger partial charge in [0.1, 0.15) is 5.82 Å². The van der Waals surface area contributed by atoms with Crippen LogP contribution in [-0.4, -0.2) is 30.9 Å². The first kappa shape index (κ1) is 21.6. The van der Waals surface area contributed by atoms with Crippen LogP contribution in [-0.2, 0) is 11.2 Å². The van der Waals surface area contributed by atoms with Gasteiger partial charge < -0.3 is 16.4 Å². The summed E-state index contributed by atoms with van der Waals surface area (Å²) in [5, 5.41) is 5.31. The Morgan fingerprint density at radius 1 is 1.08 bits per heavy atom. The van der Waals surface area contributed by atoms with E-state index < -0.39 is 11.9 Å². The van der Waals surface area contributed by atoms with E-state index in [4.69, 9.17) is 5.73 Å². The summed E-state index contributed by atoms with van der Waals surface area (Å²) in [6.45, 7) is 2.12. The summed E-state index contributed by atoms with van der Waals surface area (Å²) in [5.41, 5.74) is 7.59. The third kappa shape index (κ3) is 6.46. The highest BCUT2D eigenvalue weighted by atomic mass is 35.5. The molecular weight excluding hydrogens is 357 g/mol. The topological polar surface area (TPSA) is 84.2 Å². The lowest BCUT2D eigenvalue weighted by Crippen LogP contribution is -2.44. The Balaban J connectivity index is 0.00000338. The molecule has 2 aromatic rings. The molecule has 1 unspecified atom stereocenters. The highest BCUT2D eigenvalue weighted by Crippen LogP contribution is 2.08. The predicted octanol–water partition coefficient (Wildman–Crippen LogP) is 1.97. The molecule has 0 aliphatic carbocycles. The van der Waals surface area contributed by atoms with Crippen LogP contribution in [0.25, 0.3) is 0 Å². The molecule has 1 atom stereocenters. The van der Waals surface area contributed by atoms with Crippen molar-refractivity contribution in [1.82, 2.24) is 10.6 Å². The second-order valence-electron chi connectivity index (χ2n) is 5.81. The van der Waals surface area contributed by atoms with E-state index >= 15 is 0 Å². The molecule has 2 aromatic carbocycles. The molecule has 4 N–H and O–H groups in total. The van der Waals surface area contributed by atoms with Crippen molar-refractivity contribution in [3.05, 3.63) is 71.0 Å². The zero-order valence-electron chi connectivity index (χ0n) is 14.5. The molecule has 0 aliphatic heterocycles. The smallest absolute Gasteiger partial charge is 0.251 e. The van der Waals surface area contributed by atoms with E-state index in [1.165, 1.54) is 6.07 Å². The van der Waals surface area contributed by atoms with Crippen molar-refractivity contribution in [3.8, 4) is 0 Å². The monoisotopic (exact) mass is 379 g/mol. The van der Waals surface area contributed by atoms with Crippen molar-refractivity contribution in [3.63, 3.8) is 0 Å². The minimum absolute atomic E-state index is 0. The van der Waals surface area contributed by atoms with Crippen molar-refractivity contribution >= 4 is 24.2 Å². The van der Waals surface area contributed by atoms with Crippen LogP contribution in [0.1, 0.15) is 21.5 Å². The summed E-state index contributed by atoms with van der Waals surface area (Å²) >= 11 is 0. The van der Waals surface area contributed by atoms with Crippen molar-refractivity contribution in [2.24, 2.45) is 5.73 Å². The Bertz CT molecular complexity index is 741. The second-order valence-corrected chi connectivity index (χ2v) is 5.81. The summed E-state index contributed by atoms with van der Waals surface area (Å²) in [6.07, 6.45) is 0.446. The zero-order valence-corrected chi connectivity index (χ0v) is 15.3. The summed E-state index contributed by atoms with van der Waals surface area (Å²) in [7, 11) is 0. The van der Waals surface area contributed by atoms with E-state index in [0.717, 1.165) is 5.56 Å². The first-order valence-electron chi connectivity index (χ1n) is 8.09. The first-order valence-corrected chi connectivity index (χ1v) is 8.09. The summed E-state index contributed by atoms with van der Waals surface area (Å²) in [5.74, 6) is -1.09.